The van der Waals surface area contributed by atoms with Gasteiger partial charge in [-0.05, 0) is 18.1 Å². The number of ether oxygens (including phenoxy) is 1. The van der Waals surface area contributed by atoms with E-state index in [1.54, 1.807) is 0 Å². The summed E-state index contributed by atoms with van der Waals surface area (Å²) in [6, 6.07) is 8.29. The quantitative estimate of drug-likeness (QED) is 0.469. The summed E-state index contributed by atoms with van der Waals surface area (Å²) in [5.41, 5.74) is -0.0745. The Labute approximate surface area is 148 Å². The van der Waals surface area contributed by atoms with Crippen molar-refractivity contribution in [2.75, 3.05) is 7.11 Å². The molecule has 2 rings (SSSR count). The standard InChI is InChI=1S/C17H17N3O6/c1-11-5-3-4-6-12(11)8-18-15(21)10-19-9-13(17(23)26-2)7-14(16(19)22)20(24)25/h3-7,9H,8,10H2,1-2H3,(H,18,21). The molecule has 0 aliphatic rings. The van der Waals surface area contributed by atoms with E-state index >= 15 is 0 Å². The first-order valence-corrected chi connectivity index (χ1v) is 7.62. The van der Waals surface area contributed by atoms with E-state index in [0.717, 1.165) is 35.1 Å². The number of benzene rings is 1. The number of carbonyl (C=O) groups is 2. The minimum absolute atomic E-state index is 0.189. The Morgan fingerprint density at radius 2 is 2.00 bits per heavy atom. The summed E-state index contributed by atoms with van der Waals surface area (Å²) in [5.74, 6) is -1.37. The van der Waals surface area contributed by atoms with E-state index in [1.807, 2.05) is 31.2 Å². The van der Waals surface area contributed by atoms with E-state index in [-0.39, 0.29) is 12.1 Å². The number of aromatic nitrogens is 1. The highest BCUT2D eigenvalue weighted by molar-refractivity contribution is 5.89. The van der Waals surface area contributed by atoms with Crippen LogP contribution in [-0.4, -0.2) is 28.5 Å². The highest BCUT2D eigenvalue weighted by atomic mass is 16.6. The van der Waals surface area contributed by atoms with Crippen molar-refractivity contribution in [1.29, 1.82) is 0 Å². The lowest BCUT2D eigenvalue weighted by molar-refractivity contribution is -0.386. The van der Waals surface area contributed by atoms with Crippen LogP contribution in [0.3, 0.4) is 0 Å². The topological polar surface area (TPSA) is 121 Å². The van der Waals surface area contributed by atoms with Gasteiger partial charge in [-0.25, -0.2) is 4.79 Å². The van der Waals surface area contributed by atoms with Gasteiger partial charge in [-0.1, -0.05) is 24.3 Å². The molecule has 9 heteroatoms. The van der Waals surface area contributed by atoms with Crippen LogP contribution in [-0.2, 0) is 22.6 Å². The zero-order chi connectivity index (χ0) is 19.3. The van der Waals surface area contributed by atoms with Gasteiger partial charge < -0.3 is 10.1 Å². The first-order chi connectivity index (χ1) is 12.3. The summed E-state index contributed by atoms with van der Waals surface area (Å²) in [7, 11) is 1.11. The fourth-order valence-electron chi connectivity index (χ4n) is 2.31. The summed E-state index contributed by atoms with van der Waals surface area (Å²) in [4.78, 5) is 46.0. The SMILES string of the molecule is COC(=O)c1cc([N+](=O)[O-])c(=O)n(CC(=O)NCc2ccccc2C)c1. The molecule has 0 bridgehead atoms. The third-order valence-electron chi connectivity index (χ3n) is 3.74. The van der Waals surface area contributed by atoms with Crippen LogP contribution in [0.25, 0.3) is 0 Å². The number of hydrogen-bond acceptors (Lipinski definition) is 6. The molecular weight excluding hydrogens is 342 g/mol. The first kappa shape index (κ1) is 18.8. The third-order valence-corrected chi connectivity index (χ3v) is 3.74. The summed E-state index contributed by atoms with van der Waals surface area (Å²) in [6.45, 7) is 1.69. The number of nitrogens with one attached hydrogen (secondary N) is 1. The first-order valence-electron chi connectivity index (χ1n) is 7.62. The normalized spacial score (nSPS) is 10.2. The van der Waals surface area contributed by atoms with Crippen molar-refractivity contribution in [1.82, 2.24) is 9.88 Å². The van der Waals surface area contributed by atoms with Crippen LogP contribution in [0.5, 0.6) is 0 Å². The predicted octanol–water partition coefficient (Wildman–Crippen LogP) is 1.17. The number of hydrogen-bond donors (Lipinski definition) is 1. The summed E-state index contributed by atoms with van der Waals surface area (Å²) in [6.07, 6.45) is 1.06. The number of rotatable bonds is 6. The van der Waals surface area contributed by atoms with E-state index in [0.29, 0.717) is 0 Å². The lowest BCUT2D eigenvalue weighted by Crippen LogP contribution is -2.33. The van der Waals surface area contributed by atoms with Gasteiger partial charge in [0.1, 0.15) is 6.54 Å². The van der Waals surface area contributed by atoms with E-state index < -0.39 is 34.6 Å². The largest absolute Gasteiger partial charge is 0.465 e. The monoisotopic (exact) mass is 359 g/mol. The maximum atomic E-state index is 12.1. The van der Waals surface area contributed by atoms with Crippen molar-refractivity contribution >= 4 is 17.6 Å². The van der Waals surface area contributed by atoms with Gasteiger partial charge >= 0.3 is 17.2 Å². The third kappa shape index (κ3) is 4.32. The Bertz CT molecular complexity index is 919. The van der Waals surface area contributed by atoms with Crippen molar-refractivity contribution in [3.05, 3.63) is 73.7 Å². The average molecular weight is 359 g/mol. The van der Waals surface area contributed by atoms with Crippen LogP contribution in [0.4, 0.5) is 5.69 Å². The van der Waals surface area contributed by atoms with Crippen LogP contribution in [0.15, 0.2) is 41.3 Å². The van der Waals surface area contributed by atoms with Crippen LogP contribution in [0.1, 0.15) is 21.5 Å². The number of nitrogens with zero attached hydrogens (tertiary/aromatic N) is 2. The van der Waals surface area contributed by atoms with Gasteiger partial charge in [-0.3, -0.25) is 24.3 Å². The van der Waals surface area contributed by atoms with Gasteiger partial charge in [0.2, 0.25) is 5.91 Å². The van der Waals surface area contributed by atoms with Gasteiger partial charge in [0.05, 0.1) is 17.6 Å². The molecule has 26 heavy (non-hydrogen) atoms. The minimum atomic E-state index is -0.978. The van der Waals surface area contributed by atoms with Crippen LogP contribution in [0, 0.1) is 17.0 Å². The highest BCUT2D eigenvalue weighted by Crippen LogP contribution is 2.10. The predicted molar refractivity (Wildman–Crippen MR) is 91.7 cm³/mol. The summed E-state index contributed by atoms with van der Waals surface area (Å²) >= 11 is 0. The molecule has 0 fully saturated rings. The van der Waals surface area contributed by atoms with E-state index in [4.69, 9.17) is 0 Å². The number of pyridine rings is 1. The highest BCUT2D eigenvalue weighted by Gasteiger charge is 2.21. The van der Waals surface area contributed by atoms with Crippen molar-refractivity contribution in [3.8, 4) is 0 Å². The molecule has 0 unspecified atom stereocenters. The number of carbonyl (C=O) groups excluding carboxylic acids is 2. The molecular formula is C17H17N3O6. The summed E-state index contributed by atoms with van der Waals surface area (Å²) in [5, 5.41) is 13.7. The molecule has 1 N–H and O–H groups in total. The molecule has 0 saturated heterocycles. The molecule has 0 spiro atoms. The van der Waals surface area contributed by atoms with Gasteiger partial charge in [0.25, 0.3) is 0 Å². The molecule has 1 aromatic heterocycles. The van der Waals surface area contributed by atoms with Crippen LogP contribution < -0.4 is 10.9 Å². The van der Waals surface area contributed by atoms with Gasteiger partial charge in [-0.15, -0.1) is 0 Å². The van der Waals surface area contributed by atoms with Gasteiger partial charge in [0, 0.05) is 18.8 Å². The second kappa shape index (κ2) is 8.06. The van der Waals surface area contributed by atoms with Crippen LogP contribution >= 0.6 is 0 Å². The molecule has 0 radical (unpaired) electrons. The molecule has 136 valence electrons. The molecule has 2 aromatic rings. The number of nitro groups is 1. The fraction of sp³-hybridized carbons (Fsp3) is 0.235. The minimum Gasteiger partial charge on any atom is -0.465 e. The number of methoxy groups -OCH3 is 1. The zero-order valence-corrected chi connectivity index (χ0v) is 14.2. The molecule has 0 aliphatic heterocycles. The van der Waals surface area contributed by atoms with E-state index in [1.165, 1.54) is 0 Å². The average Bonchev–Trinajstić information content (AvgIpc) is 2.61. The van der Waals surface area contributed by atoms with Crippen molar-refractivity contribution in [2.45, 2.75) is 20.0 Å². The van der Waals surface area contributed by atoms with Gasteiger partial charge in [-0.2, -0.15) is 0 Å². The Hall–Kier alpha value is -3.49. The Balaban J connectivity index is 2.22. The molecule has 0 saturated carbocycles. The van der Waals surface area contributed by atoms with Crippen molar-refractivity contribution in [2.24, 2.45) is 0 Å². The number of esters is 1. The lowest BCUT2D eigenvalue weighted by atomic mass is 10.1. The summed E-state index contributed by atoms with van der Waals surface area (Å²) < 4.78 is 5.33. The number of amides is 1. The second-order valence-corrected chi connectivity index (χ2v) is 5.50. The molecule has 0 aliphatic carbocycles. The fourth-order valence-corrected chi connectivity index (χ4v) is 2.31. The zero-order valence-electron chi connectivity index (χ0n) is 14.2. The van der Waals surface area contributed by atoms with E-state index in [2.05, 4.69) is 10.1 Å². The van der Waals surface area contributed by atoms with Crippen LogP contribution in [0.2, 0.25) is 0 Å². The molecule has 0 atom stereocenters. The molecule has 9 nitrogen and oxygen atoms in total. The van der Waals surface area contributed by atoms with Crippen molar-refractivity contribution in [3.63, 3.8) is 0 Å². The smallest absolute Gasteiger partial charge is 0.339 e. The maximum Gasteiger partial charge on any atom is 0.339 e. The van der Waals surface area contributed by atoms with E-state index in [9.17, 15) is 24.5 Å². The van der Waals surface area contributed by atoms with Crippen molar-refractivity contribution < 1.29 is 19.2 Å². The Morgan fingerprint density at radius 3 is 2.62 bits per heavy atom. The second-order valence-electron chi connectivity index (χ2n) is 5.50. The lowest BCUT2D eigenvalue weighted by Gasteiger charge is -2.10. The molecule has 1 amide bonds. The Kier molecular flexibility index (Phi) is 5.84. The Morgan fingerprint density at radius 1 is 1.31 bits per heavy atom. The molecule has 1 heterocycles. The van der Waals surface area contributed by atoms with Gasteiger partial charge in [0.15, 0.2) is 0 Å². The molecule has 1 aromatic carbocycles. The number of aryl methyl sites for hydroxylation is 1. The maximum absolute atomic E-state index is 12.1.